The first-order chi connectivity index (χ1) is 11.5. The van der Waals surface area contributed by atoms with Crippen LogP contribution in [-0.2, 0) is 0 Å². The molecule has 0 bridgehead atoms. The Morgan fingerprint density at radius 2 is 2.17 bits per heavy atom. The Balaban J connectivity index is 1.70. The van der Waals surface area contributed by atoms with Crippen LogP contribution in [0, 0.1) is 17.3 Å². The van der Waals surface area contributed by atoms with Gasteiger partial charge >= 0.3 is 0 Å². The number of aromatic hydroxyl groups is 1. The van der Waals surface area contributed by atoms with E-state index < -0.39 is 0 Å². The fourth-order valence-electron chi connectivity index (χ4n) is 5.89. The summed E-state index contributed by atoms with van der Waals surface area (Å²) in [4.78, 5) is 12.7. The minimum absolute atomic E-state index is 0.215. The zero-order valence-electron chi connectivity index (χ0n) is 14.8. The Morgan fingerprint density at radius 3 is 2.96 bits per heavy atom. The summed E-state index contributed by atoms with van der Waals surface area (Å²) in [5, 5.41) is 9.75. The number of benzene rings is 1. The number of hydrogen-bond donors (Lipinski definition) is 1. The van der Waals surface area contributed by atoms with Crippen molar-refractivity contribution in [3.05, 3.63) is 41.0 Å². The first-order valence-corrected chi connectivity index (χ1v) is 9.60. The van der Waals surface area contributed by atoms with Crippen LogP contribution >= 0.6 is 0 Å². The Bertz CT molecular complexity index is 702. The van der Waals surface area contributed by atoms with Gasteiger partial charge in [-0.1, -0.05) is 38.0 Å². The maximum Gasteiger partial charge on any atom is 0.163 e. The molecule has 0 saturated heterocycles. The van der Waals surface area contributed by atoms with E-state index in [-0.39, 0.29) is 11.5 Å². The molecule has 4 rings (SSSR count). The number of allylic oxidation sites excluding steroid dienone is 2. The summed E-state index contributed by atoms with van der Waals surface area (Å²) in [6.07, 6.45) is 10.4. The van der Waals surface area contributed by atoms with Crippen molar-refractivity contribution in [1.82, 2.24) is 0 Å². The minimum Gasteiger partial charge on any atom is -0.508 e. The lowest BCUT2D eigenvalue weighted by Crippen LogP contribution is -2.41. The molecule has 3 aliphatic rings. The number of carbonyl (C=O) groups is 1. The van der Waals surface area contributed by atoms with Gasteiger partial charge in [0.15, 0.2) is 5.78 Å². The van der Waals surface area contributed by atoms with Crippen LogP contribution in [0.5, 0.6) is 5.75 Å². The van der Waals surface area contributed by atoms with Gasteiger partial charge in [-0.15, -0.1) is 0 Å². The lowest BCUT2D eigenvalue weighted by atomic mass is 9.55. The number of fused-ring (bicyclic) bond motifs is 5. The highest BCUT2D eigenvalue weighted by atomic mass is 16.3. The highest BCUT2D eigenvalue weighted by Gasteiger charge is 2.53. The van der Waals surface area contributed by atoms with E-state index in [0.29, 0.717) is 29.6 Å². The van der Waals surface area contributed by atoms with Gasteiger partial charge in [0.25, 0.3) is 0 Å². The summed E-state index contributed by atoms with van der Waals surface area (Å²) < 4.78 is 0. The van der Waals surface area contributed by atoms with Crippen LogP contribution < -0.4 is 0 Å². The zero-order chi connectivity index (χ0) is 16.9. The van der Waals surface area contributed by atoms with Crippen molar-refractivity contribution < 1.29 is 9.90 Å². The molecule has 1 aromatic rings. The van der Waals surface area contributed by atoms with Crippen molar-refractivity contribution >= 4 is 5.78 Å². The number of hydrogen-bond acceptors (Lipinski definition) is 2. The minimum atomic E-state index is 0.215. The first-order valence-electron chi connectivity index (χ1n) is 9.60. The van der Waals surface area contributed by atoms with Gasteiger partial charge < -0.3 is 5.11 Å². The van der Waals surface area contributed by atoms with Crippen LogP contribution in [-0.4, -0.2) is 10.9 Å². The molecule has 2 nitrogen and oxygen atoms in total. The second-order valence-electron chi connectivity index (χ2n) is 8.29. The predicted octanol–water partition coefficient (Wildman–Crippen LogP) is 5.62. The summed E-state index contributed by atoms with van der Waals surface area (Å²) in [7, 11) is 0. The van der Waals surface area contributed by atoms with Gasteiger partial charge in [-0.2, -0.15) is 0 Å². The smallest absolute Gasteiger partial charge is 0.163 e. The molecule has 1 aromatic carbocycles. The van der Waals surface area contributed by atoms with E-state index in [9.17, 15) is 9.90 Å². The molecule has 4 atom stereocenters. The second kappa shape index (κ2) is 5.75. The molecular weight excluding hydrogens is 296 g/mol. The third-order valence-corrected chi connectivity index (χ3v) is 7.12. The molecule has 24 heavy (non-hydrogen) atoms. The summed E-state index contributed by atoms with van der Waals surface area (Å²) >= 11 is 0. The molecule has 3 aliphatic carbocycles. The molecule has 2 heteroatoms. The van der Waals surface area contributed by atoms with Gasteiger partial charge in [-0.05, 0) is 73.0 Å². The van der Waals surface area contributed by atoms with Crippen LogP contribution in [0.15, 0.2) is 29.8 Å². The first kappa shape index (κ1) is 15.9. The normalized spacial score (nSPS) is 36.3. The fraction of sp³-hybridized carbons (Fsp3) is 0.591. The lowest BCUT2D eigenvalue weighted by molar-refractivity contribution is 0.0652. The predicted molar refractivity (Wildman–Crippen MR) is 96.3 cm³/mol. The van der Waals surface area contributed by atoms with Gasteiger partial charge in [0.05, 0.1) is 0 Å². The monoisotopic (exact) mass is 324 g/mol. The van der Waals surface area contributed by atoms with Crippen LogP contribution in [0.1, 0.15) is 80.6 Å². The third-order valence-electron chi connectivity index (χ3n) is 7.12. The van der Waals surface area contributed by atoms with Gasteiger partial charge in [0.2, 0.25) is 0 Å². The van der Waals surface area contributed by atoms with E-state index in [1.54, 1.807) is 17.7 Å². The number of unbranched alkanes of at least 4 members (excludes halogenated alkanes) is 1. The molecule has 0 amide bonds. The summed E-state index contributed by atoms with van der Waals surface area (Å²) in [6, 6.07) is 5.44. The SMILES string of the molecule is CCC/C=C1/CCC2C3CC(=O)c4cc(O)ccc4C3CCC12C. The van der Waals surface area contributed by atoms with Crippen molar-refractivity contribution in [1.29, 1.82) is 0 Å². The number of ketones is 1. The maximum atomic E-state index is 12.7. The topological polar surface area (TPSA) is 37.3 Å². The third kappa shape index (κ3) is 2.26. The van der Waals surface area contributed by atoms with Gasteiger partial charge in [-0.25, -0.2) is 0 Å². The Hall–Kier alpha value is -1.57. The van der Waals surface area contributed by atoms with Crippen LogP contribution in [0.4, 0.5) is 0 Å². The van der Waals surface area contributed by atoms with Crippen molar-refractivity contribution in [2.75, 3.05) is 0 Å². The molecule has 0 heterocycles. The van der Waals surface area contributed by atoms with Gasteiger partial charge in [0.1, 0.15) is 5.75 Å². The summed E-state index contributed by atoms with van der Waals surface area (Å²) in [6.45, 7) is 4.70. The highest BCUT2D eigenvalue weighted by Crippen LogP contribution is 2.62. The number of carbonyl (C=O) groups excluding carboxylic acids is 1. The van der Waals surface area contributed by atoms with E-state index in [1.807, 2.05) is 6.07 Å². The molecule has 2 fully saturated rings. The molecule has 128 valence electrons. The van der Waals surface area contributed by atoms with E-state index in [1.165, 1.54) is 44.1 Å². The Morgan fingerprint density at radius 1 is 1.33 bits per heavy atom. The van der Waals surface area contributed by atoms with E-state index >= 15 is 0 Å². The van der Waals surface area contributed by atoms with E-state index in [4.69, 9.17) is 0 Å². The highest BCUT2D eigenvalue weighted by molar-refractivity contribution is 5.99. The van der Waals surface area contributed by atoms with E-state index in [0.717, 1.165) is 5.56 Å². The van der Waals surface area contributed by atoms with Crippen LogP contribution in [0.2, 0.25) is 0 Å². The van der Waals surface area contributed by atoms with E-state index in [2.05, 4.69) is 19.9 Å². The van der Waals surface area contributed by atoms with Gasteiger partial charge in [0, 0.05) is 12.0 Å². The number of rotatable bonds is 2. The largest absolute Gasteiger partial charge is 0.508 e. The quantitative estimate of drug-likeness (QED) is 0.717. The van der Waals surface area contributed by atoms with Crippen LogP contribution in [0.25, 0.3) is 0 Å². The molecular formula is C22H28O2. The lowest BCUT2D eigenvalue weighted by Gasteiger charge is -2.49. The van der Waals surface area contributed by atoms with Crippen LogP contribution in [0.3, 0.4) is 0 Å². The molecule has 4 unspecified atom stereocenters. The van der Waals surface area contributed by atoms with Crippen molar-refractivity contribution in [2.24, 2.45) is 17.3 Å². The van der Waals surface area contributed by atoms with Crippen molar-refractivity contribution in [2.45, 2.75) is 64.7 Å². The molecule has 0 aromatic heterocycles. The summed E-state index contributed by atoms with van der Waals surface area (Å²) in [5.74, 6) is 2.08. The molecule has 1 N–H and O–H groups in total. The van der Waals surface area contributed by atoms with Gasteiger partial charge in [-0.3, -0.25) is 4.79 Å². The Labute approximate surface area is 145 Å². The molecule has 0 spiro atoms. The average molecular weight is 324 g/mol. The molecule has 0 aliphatic heterocycles. The maximum absolute atomic E-state index is 12.7. The summed E-state index contributed by atoms with van der Waals surface area (Å²) in [5.41, 5.74) is 3.95. The van der Waals surface area contributed by atoms with Crippen molar-refractivity contribution in [3.63, 3.8) is 0 Å². The number of Topliss-reactive ketones (excluding diaryl/α,β-unsaturated/α-hetero) is 1. The van der Waals surface area contributed by atoms with Crippen molar-refractivity contribution in [3.8, 4) is 5.75 Å². The standard InChI is InChI=1S/C22H28O2/c1-3-4-5-14-6-9-20-18-13-21(24)19-12-15(23)7-8-16(19)17(18)10-11-22(14,20)2/h5,7-8,12,17-18,20,23H,3-4,6,9-11,13H2,1-2H3/b14-5-. The number of phenolic OH excluding ortho intramolecular Hbond substituents is 1. The second-order valence-corrected chi connectivity index (χ2v) is 8.29. The molecule has 0 radical (unpaired) electrons. The Kier molecular flexibility index (Phi) is 3.82. The zero-order valence-corrected chi connectivity index (χ0v) is 14.8. The molecule has 2 saturated carbocycles. The fourth-order valence-corrected chi connectivity index (χ4v) is 5.89. The number of phenols is 1. The average Bonchev–Trinajstić information content (AvgIpc) is 2.90.